The van der Waals surface area contributed by atoms with Gasteiger partial charge in [0.05, 0.1) is 0 Å². The van der Waals surface area contributed by atoms with E-state index in [4.69, 9.17) is 0 Å². The Kier molecular flexibility index (Phi) is 2.76. The highest BCUT2D eigenvalue weighted by Crippen LogP contribution is 2.49. The molecule has 1 rings (SSSR count). The molecule has 1 saturated heterocycles. The molecule has 1 heterocycles. The van der Waals surface area contributed by atoms with Crippen molar-refractivity contribution in [2.45, 2.75) is 33.6 Å². The van der Waals surface area contributed by atoms with E-state index in [1.807, 2.05) is 0 Å². The molecule has 12 heavy (non-hydrogen) atoms. The molecule has 0 aliphatic carbocycles. The summed E-state index contributed by atoms with van der Waals surface area (Å²) >= 11 is 0. The summed E-state index contributed by atoms with van der Waals surface area (Å²) in [6.45, 7) is 6.69. The normalized spacial score (nSPS) is 28.4. The summed E-state index contributed by atoms with van der Waals surface area (Å²) in [6, 6.07) is 0. The lowest BCUT2D eigenvalue weighted by Crippen LogP contribution is -2.29. The molecule has 0 unspecified atom stereocenters. The van der Waals surface area contributed by atoms with Crippen molar-refractivity contribution < 1.29 is 9.11 Å². The Morgan fingerprint density at radius 1 is 1.08 bits per heavy atom. The maximum atomic E-state index is 9.40. The van der Waals surface area contributed by atoms with E-state index >= 15 is 0 Å². The lowest BCUT2D eigenvalue weighted by Gasteiger charge is -2.43. The van der Waals surface area contributed by atoms with E-state index in [-0.39, 0.29) is 0 Å². The predicted molar refractivity (Wildman–Crippen MR) is 54.8 cm³/mol. The minimum Gasteiger partial charge on any atom is -0.299 e. The fourth-order valence-corrected chi connectivity index (χ4v) is 3.30. The quantitative estimate of drug-likeness (QED) is 0.619. The third kappa shape index (κ3) is 2.64. The van der Waals surface area contributed by atoms with Gasteiger partial charge in [0.1, 0.15) is 0 Å². The van der Waals surface area contributed by atoms with Gasteiger partial charge in [-0.1, -0.05) is 20.8 Å². The smallest absolute Gasteiger partial charge is 0.0377 e. The van der Waals surface area contributed by atoms with Gasteiger partial charge in [0, 0.05) is 11.5 Å². The van der Waals surface area contributed by atoms with Gasteiger partial charge in [-0.25, -0.2) is 0 Å². The zero-order valence-corrected chi connectivity index (χ0v) is 9.02. The summed E-state index contributed by atoms with van der Waals surface area (Å²) in [5, 5.41) is 0. The van der Waals surface area contributed by atoms with Gasteiger partial charge in [-0.2, -0.15) is 10.6 Å². The molecule has 0 bridgehead atoms. The minimum absolute atomic E-state index is 0.329. The van der Waals surface area contributed by atoms with Gasteiger partial charge in [0.15, 0.2) is 0 Å². The first kappa shape index (κ1) is 10.4. The van der Waals surface area contributed by atoms with Gasteiger partial charge < -0.3 is 0 Å². The van der Waals surface area contributed by atoms with E-state index in [0.717, 1.165) is 12.8 Å². The maximum absolute atomic E-state index is 9.40. The van der Waals surface area contributed by atoms with E-state index < -0.39 is 10.6 Å². The topological polar surface area (TPSA) is 40.5 Å². The summed E-state index contributed by atoms with van der Waals surface area (Å²) in [5.41, 5.74) is 0.329. The number of hydrogen-bond acceptors (Lipinski definition) is 2. The second-order valence-electron chi connectivity index (χ2n) is 4.85. The molecular weight excluding hydrogens is 172 g/mol. The van der Waals surface area contributed by atoms with E-state index in [1.54, 1.807) is 0 Å². The molecule has 74 valence electrons. The van der Waals surface area contributed by atoms with Crippen LogP contribution in [0.1, 0.15) is 33.6 Å². The molecule has 0 radical (unpaired) electrons. The summed E-state index contributed by atoms with van der Waals surface area (Å²) in [6.07, 6.45) is 1.96. The summed E-state index contributed by atoms with van der Waals surface area (Å²) in [4.78, 5) is 0. The van der Waals surface area contributed by atoms with Crippen LogP contribution in [0.3, 0.4) is 0 Å². The van der Waals surface area contributed by atoms with Crippen LogP contribution in [0, 0.1) is 11.3 Å². The largest absolute Gasteiger partial charge is 0.299 e. The Bertz CT molecular complexity index is 150. The monoisotopic (exact) mass is 192 g/mol. The Morgan fingerprint density at radius 2 is 1.50 bits per heavy atom. The van der Waals surface area contributed by atoms with E-state index in [0.29, 0.717) is 22.8 Å². The van der Waals surface area contributed by atoms with Crippen LogP contribution in [-0.2, 0) is 0 Å². The van der Waals surface area contributed by atoms with Crippen molar-refractivity contribution in [1.29, 1.82) is 0 Å². The van der Waals surface area contributed by atoms with Crippen LogP contribution in [0.4, 0.5) is 0 Å². The van der Waals surface area contributed by atoms with Crippen LogP contribution in [-0.4, -0.2) is 20.6 Å². The van der Waals surface area contributed by atoms with Gasteiger partial charge in [0.2, 0.25) is 0 Å². The van der Waals surface area contributed by atoms with Gasteiger partial charge >= 0.3 is 0 Å². The van der Waals surface area contributed by atoms with Crippen LogP contribution in [0.5, 0.6) is 0 Å². The maximum Gasteiger partial charge on any atom is 0.0377 e. The van der Waals surface area contributed by atoms with E-state index in [1.165, 1.54) is 0 Å². The molecule has 0 spiro atoms. The standard InChI is InChI=1S/C9H20O2S/c1-9(2,3)8-4-6-12(10,11)7-5-8/h8,10-11H,4-7H2,1-3H3. The van der Waals surface area contributed by atoms with Crippen molar-refractivity contribution in [3.63, 3.8) is 0 Å². The third-order valence-electron chi connectivity index (χ3n) is 2.81. The van der Waals surface area contributed by atoms with Gasteiger partial charge in [-0.15, -0.1) is 0 Å². The Morgan fingerprint density at radius 3 is 1.83 bits per heavy atom. The molecule has 1 aliphatic heterocycles. The lowest BCUT2D eigenvalue weighted by atomic mass is 9.77. The molecule has 0 aromatic rings. The fraction of sp³-hybridized carbons (Fsp3) is 1.00. The zero-order chi connectivity index (χ0) is 9.41. The lowest BCUT2D eigenvalue weighted by molar-refractivity contribution is 0.218. The molecule has 3 heteroatoms. The van der Waals surface area contributed by atoms with Gasteiger partial charge in [0.25, 0.3) is 0 Å². The SMILES string of the molecule is CC(C)(C)C1CCS(O)(O)CC1. The molecule has 0 amide bonds. The Hall–Kier alpha value is 0.270. The summed E-state index contributed by atoms with van der Waals surface area (Å²) in [7, 11) is -2.18. The first-order chi connectivity index (χ1) is 5.31. The third-order valence-corrected chi connectivity index (χ3v) is 4.59. The van der Waals surface area contributed by atoms with Crippen molar-refractivity contribution in [3.8, 4) is 0 Å². The highest BCUT2D eigenvalue weighted by molar-refractivity contribution is 8.24. The van der Waals surface area contributed by atoms with Crippen LogP contribution in [0.15, 0.2) is 0 Å². The predicted octanol–water partition coefficient (Wildman–Crippen LogP) is 3.19. The van der Waals surface area contributed by atoms with Crippen LogP contribution < -0.4 is 0 Å². The number of hydrogen-bond donors (Lipinski definition) is 2. The molecule has 0 aromatic carbocycles. The first-order valence-electron chi connectivity index (χ1n) is 4.55. The van der Waals surface area contributed by atoms with Crippen LogP contribution in [0.2, 0.25) is 0 Å². The average molecular weight is 192 g/mol. The summed E-state index contributed by atoms with van der Waals surface area (Å²) < 4.78 is 18.8. The van der Waals surface area contributed by atoms with Crippen LogP contribution >= 0.6 is 10.6 Å². The van der Waals surface area contributed by atoms with Crippen molar-refractivity contribution in [3.05, 3.63) is 0 Å². The molecule has 2 nitrogen and oxygen atoms in total. The summed E-state index contributed by atoms with van der Waals surface area (Å²) in [5.74, 6) is 1.90. The van der Waals surface area contributed by atoms with Crippen LogP contribution in [0.25, 0.3) is 0 Å². The first-order valence-corrected chi connectivity index (χ1v) is 6.43. The van der Waals surface area contributed by atoms with Crippen molar-refractivity contribution in [2.75, 3.05) is 11.5 Å². The number of rotatable bonds is 0. The molecule has 0 aromatic heterocycles. The van der Waals surface area contributed by atoms with Gasteiger partial charge in [-0.3, -0.25) is 9.11 Å². The van der Waals surface area contributed by atoms with Crippen molar-refractivity contribution in [2.24, 2.45) is 11.3 Å². The zero-order valence-electron chi connectivity index (χ0n) is 8.21. The minimum atomic E-state index is -2.18. The van der Waals surface area contributed by atoms with Crippen molar-refractivity contribution in [1.82, 2.24) is 0 Å². The van der Waals surface area contributed by atoms with Crippen molar-refractivity contribution >= 4 is 10.6 Å². The highest BCUT2D eigenvalue weighted by Gasteiger charge is 2.31. The molecule has 1 aliphatic rings. The molecule has 1 fully saturated rings. The van der Waals surface area contributed by atoms with Gasteiger partial charge in [-0.05, 0) is 24.2 Å². The highest BCUT2D eigenvalue weighted by atomic mass is 32.3. The molecule has 2 N–H and O–H groups in total. The Balaban J connectivity index is 2.47. The Labute approximate surface area is 76.7 Å². The average Bonchev–Trinajstić information content (AvgIpc) is 1.83. The second-order valence-corrected chi connectivity index (χ2v) is 7.27. The second kappa shape index (κ2) is 3.20. The fourth-order valence-electron chi connectivity index (χ4n) is 1.77. The van der Waals surface area contributed by atoms with E-state index in [9.17, 15) is 9.11 Å². The molecular formula is C9H20O2S. The van der Waals surface area contributed by atoms with E-state index in [2.05, 4.69) is 20.8 Å². The molecule has 0 atom stereocenters. The molecule has 0 saturated carbocycles.